The van der Waals surface area contributed by atoms with Crippen LogP contribution < -0.4 is 5.32 Å². The van der Waals surface area contributed by atoms with Crippen LogP contribution in [0.3, 0.4) is 0 Å². The molecule has 3 aromatic carbocycles. The van der Waals surface area contributed by atoms with Crippen molar-refractivity contribution in [2.45, 2.75) is 127 Å². The Kier molecular flexibility index (Phi) is 20.4. The quantitative estimate of drug-likeness (QED) is 0.0453. The highest BCUT2D eigenvalue weighted by Gasteiger charge is 2.24. The molecule has 4 rings (SSSR count). The number of carbonyl (C=O) groups excluding carboxylic acids is 1. The first-order chi connectivity index (χ1) is 25.5. The largest absolute Gasteiger partial charge is 0.385 e. The van der Waals surface area contributed by atoms with Crippen LogP contribution in [0.2, 0.25) is 0 Å². The average Bonchev–Trinajstić information content (AvgIpc) is 3.51. The van der Waals surface area contributed by atoms with Gasteiger partial charge in [0.2, 0.25) is 0 Å². The molecule has 0 bridgehead atoms. The van der Waals surface area contributed by atoms with Gasteiger partial charge in [-0.25, -0.2) is 4.39 Å². The number of nitrogens with zero attached hydrogens (tertiary/aromatic N) is 1. The molecule has 0 aliphatic heterocycles. The van der Waals surface area contributed by atoms with E-state index in [4.69, 9.17) is 0 Å². The third-order valence-corrected chi connectivity index (χ3v) is 10.4. The van der Waals surface area contributed by atoms with E-state index in [1.807, 2.05) is 40.7 Å². The molecule has 1 unspecified atom stereocenters. The number of ketones is 1. The van der Waals surface area contributed by atoms with Gasteiger partial charge in [0.15, 0.2) is 5.78 Å². The molecule has 290 valence electrons. The van der Waals surface area contributed by atoms with Crippen LogP contribution in [-0.2, 0) is 12.8 Å². The number of halogens is 1. The smallest absolute Gasteiger partial charge is 0.195 e. The van der Waals surface area contributed by atoms with E-state index in [0.717, 1.165) is 36.9 Å². The van der Waals surface area contributed by atoms with Crippen molar-refractivity contribution in [3.8, 4) is 11.1 Å². The van der Waals surface area contributed by atoms with Gasteiger partial charge in [-0.05, 0) is 141 Å². The number of carbonyl (C=O) groups is 1. The number of rotatable bonds is 19. The van der Waals surface area contributed by atoms with Crippen molar-refractivity contribution in [1.29, 1.82) is 0 Å². The summed E-state index contributed by atoms with van der Waals surface area (Å²) in [6.07, 6.45) is 13.6. The standard InChI is InChI=1S/C37H44FNO.C10H21N.C2H6/c1-8-10-13-23(3)16-17-39-27(7)31(9-2)37(40)34-22-36(38)26(6)33(25(34)5)20-29-21-35-30(18-24(29)4)19-28-14-11-12-15-32(28)35;1-4-7-10-11(8-5-2)9-6-3;1-2/h9,11-12,14-15,18,21-23,39H,7-8,10,13,16-17,19-20H2,1-6H3;4H,1,5-10H2,2-3H3;1-2H3/b31-9-;;. The summed E-state index contributed by atoms with van der Waals surface area (Å²) in [5.74, 6) is 0.0975. The fourth-order valence-corrected chi connectivity index (χ4v) is 7.26. The summed E-state index contributed by atoms with van der Waals surface area (Å²) in [5, 5.41) is 3.35. The fraction of sp³-hybridized carbons (Fsp3) is 0.490. The molecule has 1 aliphatic rings. The molecule has 0 radical (unpaired) electrons. The molecule has 3 nitrogen and oxygen atoms in total. The maximum Gasteiger partial charge on any atom is 0.195 e. The predicted molar refractivity (Wildman–Crippen MR) is 230 cm³/mol. The first-order valence-electron chi connectivity index (χ1n) is 20.5. The lowest BCUT2D eigenvalue weighted by Gasteiger charge is -2.19. The average molecular weight is 723 g/mol. The van der Waals surface area contributed by atoms with E-state index in [0.29, 0.717) is 34.7 Å². The number of nitrogens with one attached hydrogen (secondary N) is 1. The first-order valence-corrected chi connectivity index (χ1v) is 20.5. The summed E-state index contributed by atoms with van der Waals surface area (Å²) >= 11 is 0. The lowest BCUT2D eigenvalue weighted by molar-refractivity contribution is 0.103. The molecular weight excluding hydrogens is 652 g/mol. The van der Waals surface area contributed by atoms with Crippen LogP contribution in [0.1, 0.15) is 143 Å². The highest BCUT2D eigenvalue weighted by atomic mass is 19.1. The molecule has 0 heterocycles. The van der Waals surface area contributed by atoms with E-state index in [-0.39, 0.29) is 11.6 Å². The van der Waals surface area contributed by atoms with E-state index in [9.17, 15) is 4.79 Å². The Morgan fingerprint density at radius 3 is 2.23 bits per heavy atom. The Hall–Kier alpha value is -3.76. The monoisotopic (exact) mass is 723 g/mol. The minimum Gasteiger partial charge on any atom is -0.385 e. The molecule has 0 fully saturated rings. The molecule has 1 N–H and O–H groups in total. The normalized spacial score (nSPS) is 12.2. The fourth-order valence-electron chi connectivity index (χ4n) is 7.26. The van der Waals surface area contributed by atoms with Crippen molar-refractivity contribution < 1.29 is 9.18 Å². The maximum absolute atomic E-state index is 15.4. The van der Waals surface area contributed by atoms with Crippen molar-refractivity contribution in [3.05, 3.63) is 129 Å². The Bertz CT molecular complexity index is 1660. The van der Waals surface area contributed by atoms with Crippen molar-refractivity contribution in [3.63, 3.8) is 0 Å². The molecule has 0 amide bonds. The zero-order chi connectivity index (χ0) is 39.5. The van der Waals surface area contributed by atoms with Crippen LogP contribution in [0.4, 0.5) is 4.39 Å². The van der Waals surface area contributed by atoms with Gasteiger partial charge < -0.3 is 10.2 Å². The van der Waals surface area contributed by atoms with Gasteiger partial charge in [0, 0.05) is 29.9 Å². The second-order valence-corrected chi connectivity index (χ2v) is 14.5. The number of hydrogen-bond acceptors (Lipinski definition) is 3. The number of benzene rings is 3. The Balaban J connectivity index is 0.000000642. The van der Waals surface area contributed by atoms with E-state index in [1.54, 1.807) is 6.08 Å². The third kappa shape index (κ3) is 13.0. The van der Waals surface area contributed by atoms with Gasteiger partial charge in [0.25, 0.3) is 0 Å². The second kappa shape index (κ2) is 23.8. The van der Waals surface area contributed by atoms with Crippen LogP contribution in [0, 0.1) is 32.5 Å². The van der Waals surface area contributed by atoms with Gasteiger partial charge in [-0.1, -0.05) is 116 Å². The summed E-state index contributed by atoms with van der Waals surface area (Å²) in [4.78, 5) is 16.3. The topological polar surface area (TPSA) is 32.3 Å². The third-order valence-electron chi connectivity index (χ3n) is 10.4. The molecule has 1 aliphatic carbocycles. The summed E-state index contributed by atoms with van der Waals surface area (Å²) in [6, 6.07) is 14.5. The molecular formula is C49H71FN2O. The van der Waals surface area contributed by atoms with Gasteiger partial charge in [0.1, 0.15) is 5.82 Å². The van der Waals surface area contributed by atoms with Crippen molar-refractivity contribution in [2.24, 2.45) is 5.92 Å². The Morgan fingerprint density at radius 1 is 0.925 bits per heavy atom. The minimum absolute atomic E-state index is 0.184. The van der Waals surface area contributed by atoms with Crippen LogP contribution in [0.5, 0.6) is 0 Å². The van der Waals surface area contributed by atoms with E-state index in [1.165, 1.54) is 91.2 Å². The molecule has 53 heavy (non-hydrogen) atoms. The number of fused-ring (bicyclic) bond motifs is 3. The number of unbranched alkanes of at least 4 members (excludes halogenated alkanes) is 1. The number of hydrogen-bond donors (Lipinski definition) is 1. The van der Waals surface area contributed by atoms with Crippen molar-refractivity contribution in [2.75, 3.05) is 26.2 Å². The number of Topliss-reactive ketones (excluding diaryl/α,β-unsaturated/α-hetero) is 1. The summed E-state index contributed by atoms with van der Waals surface area (Å²) < 4.78 is 15.4. The van der Waals surface area contributed by atoms with Crippen molar-refractivity contribution in [1.82, 2.24) is 10.2 Å². The lowest BCUT2D eigenvalue weighted by Crippen LogP contribution is -2.26. The summed E-state index contributed by atoms with van der Waals surface area (Å²) in [6.45, 7) is 33.0. The molecule has 0 saturated heterocycles. The van der Waals surface area contributed by atoms with Crippen molar-refractivity contribution >= 4 is 5.78 Å². The highest BCUT2D eigenvalue weighted by Crippen LogP contribution is 2.39. The van der Waals surface area contributed by atoms with Gasteiger partial charge in [-0.15, -0.1) is 6.58 Å². The summed E-state index contributed by atoms with van der Waals surface area (Å²) in [7, 11) is 0. The predicted octanol–water partition coefficient (Wildman–Crippen LogP) is 13.1. The maximum atomic E-state index is 15.4. The van der Waals surface area contributed by atoms with Crippen LogP contribution in [0.25, 0.3) is 11.1 Å². The number of allylic oxidation sites excluding steroid dienone is 2. The second-order valence-electron chi connectivity index (χ2n) is 14.5. The van der Waals surface area contributed by atoms with E-state index < -0.39 is 0 Å². The molecule has 4 heteroatoms. The summed E-state index contributed by atoms with van der Waals surface area (Å²) in [5.41, 5.74) is 11.5. The molecule has 0 saturated carbocycles. The van der Waals surface area contributed by atoms with E-state index in [2.05, 4.69) is 94.4 Å². The van der Waals surface area contributed by atoms with Gasteiger partial charge in [0.05, 0.1) is 0 Å². The van der Waals surface area contributed by atoms with Gasteiger partial charge >= 0.3 is 0 Å². The van der Waals surface area contributed by atoms with Crippen LogP contribution in [-0.4, -0.2) is 36.9 Å². The van der Waals surface area contributed by atoms with Gasteiger partial charge in [-0.3, -0.25) is 4.79 Å². The zero-order valence-electron chi connectivity index (χ0n) is 35.1. The molecule has 0 spiro atoms. The number of aryl methyl sites for hydroxylation is 1. The SMILES string of the molecule is C=C(NCCC(C)CCCC)/C(=C/C)C(=O)c1cc(F)c(C)c(Cc2cc3c(cc2C)Cc2ccccc2-3)c1C.C=CCCN(CCC)CCC.CC. The molecule has 0 aromatic heterocycles. The Morgan fingerprint density at radius 2 is 1.60 bits per heavy atom. The first kappa shape index (κ1) is 45.4. The minimum atomic E-state index is -0.341. The Labute approximate surface area is 323 Å². The van der Waals surface area contributed by atoms with Gasteiger partial charge in [-0.2, -0.15) is 0 Å². The van der Waals surface area contributed by atoms with Crippen LogP contribution >= 0.6 is 0 Å². The molecule has 3 aromatic rings. The van der Waals surface area contributed by atoms with E-state index >= 15 is 4.39 Å². The lowest BCUT2D eigenvalue weighted by atomic mass is 9.87. The van der Waals surface area contributed by atoms with Crippen LogP contribution in [0.15, 0.2) is 79.0 Å². The highest BCUT2D eigenvalue weighted by molar-refractivity contribution is 6.12. The molecule has 1 atom stereocenters. The zero-order valence-corrected chi connectivity index (χ0v) is 35.1.